The van der Waals surface area contributed by atoms with Crippen molar-refractivity contribution in [1.82, 2.24) is 14.6 Å². The number of imidazole rings is 1. The van der Waals surface area contributed by atoms with Crippen molar-refractivity contribution >= 4 is 22.0 Å². The SMILES string of the molecule is Cc1cccc(Oc2nn3cc(C(C)(C)C)nc3s2)c1[N+](=O)[O-]. The Morgan fingerprint density at radius 3 is 2.70 bits per heavy atom. The van der Waals surface area contributed by atoms with Crippen molar-refractivity contribution in [1.29, 1.82) is 0 Å². The van der Waals surface area contributed by atoms with Gasteiger partial charge >= 0.3 is 5.69 Å². The Morgan fingerprint density at radius 2 is 2.09 bits per heavy atom. The predicted molar refractivity (Wildman–Crippen MR) is 87.5 cm³/mol. The van der Waals surface area contributed by atoms with Crippen LogP contribution in [0.15, 0.2) is 24.4 Å². The smallest absolute Gasteiger partial charge is 0.314 e. The van der Waals surface area contributed by atoms with Crippen LogP contribution in [0.3, 0.4) is 0 Å². The predicted octanol–water partition coefficient (Wildman–Crippen LogP) is 4.10. The summed E-state index contributed by atoms with van der Waals surface area (Å²) in [6.07, 6.45) is 1.85. The van der Waals surface area contributed by atoms with Gasteiger partial charge in [0.1, 0.15) is 0 Å². The van der Waals surface area contributed by atoms with Crippen molar-refractivity contribution in [3.05, 3.63) is 45.8 Å². The molecule has 0 bridgehead atoms. The van der Waals surface area contributed by atoms with E-state index in [0.29, 0.717) is 15.7 Å². The Labute approximate surface area is 136 Å². The average molecular weight is 332 g/mol. The Hall–Kier alpha value is -2.48. The van der Waals surface area contributed by atoms with Crippen LogP contribution >= 0.6 is 11.3 Å². The third-order valence-corrected chi connectivity index (χ3v) is 4.17. The Bertz CT molecular complexity index is 860. The third kappa shape index (κ3) is 2.89. The summed E-state index contributed by atoms with van der Waals surface area (Å²) in [6.45, 7) is 7.90. The van der Waals surface area contributed by atoms with Gasteiger partial charge in [-0.2, -0.15) is 0 Å². The van der Waals surface area contributed by atoms with E-state index in [1.165, 1.54) is 11.3 Å². The summed E-state index contributed by atoms with van der Waals surface area (Å²) in [7, 11) is 0. The molecule has 0 unspecified atom stereocenters. The molecule has 3 aromatic rings. The van der Waals surface area contributed by atoms with Gasteiger partial charge in [-0.15, -0.1) is 5.10 Å². The lowest BCUT2D eigenvalue weighted by molar-refractivity contribution is -0.386. The quantitative estimate of drug-likeness (QED) is 0.533. The van der Waals surface area contributed by atoms with E-state index >= 15 is 0 Å². The number of nitro groups is 1. The van der Waals surface area contributed by atoms with Crippen LogP contribution in [0.5, 0.6) is 10.9 Å². The number of rotatable bonds is 3. The molecule has 0 N–H and O–H groups in total. The average Bonchev–Trinajstić information content (AvgIpc) is 2.95. The molecule has 0 aliphatic heterocycles. The molecule has 0 saturated carbocycles. The van der Waals surface area contributed by atoms with Crippen LogP contribution in [0, 0.1) is 17.0 Å². The van der Waals surface area contributed by atoms with Crippen molar-refractivity contribution in [2.45, 2.75) is 33.1 Å². The summed E-state index contributed by atoms with van der Waals surface area (Å²) in [5.74, 6) is 0.183. The molecular weight excluding hydrogens is 316 g/mol. The maximum atomic E-state index is 11.2. The van der Waals surface area contributed by atoms with Crippen LogP contribution in [0.2, 0.25) is 0 Å². The fraction of sp³-hybridized carbons (Fsp3) is 0.333. The summed E-state index contributed by atoms with van der Waals surface area (Å²) in [5, 5.41) is 15.8. The zero-order valence-corrected chi connectivity index (χ0v) is 14.0. The fourth-order valence-electron chi connectivity index (χ4n) is 2.13. The molecule has 0 atom stereocenters. The highest BCUT2D eigenvalue weighted by Gasteiger charge is 2.22. The first-order valence-electron chi connectivity index (χ1n) is 7.04. The van der Waals surface area contributed by atoms with Crippen LogP contribution in [0.25, 0.3) is 4.96 Å². The summed E-state index contributed by atoms with van der Waals surface area (Å²) >= 11 is 1.25. The maximum absolute atomic E-state index is 11.2. The number of aromatic nitrogens is 3. The van der Waals surface area contributed by atoms with E-state index in [-0.39, 0.29) is 16.9 Å². The van der Waals surface area contributed by atoms with Gasteiger partial charge < -0.3 is 4.74 Å². The van der Waals surface area contributed by atoms with Crippen LogP contribution in [-0.4, -0.2) is 19.5 Å². The second-order valence-corrected chi connectivity index (χ2v) is 7.17. The lowest BCUT2D eigenvalue weighted by atomic mass is 9.93. The van der Waals surface area contributed by atoms with Crippen molar-refractivity contribution < 1.29 is 9.66 Å². The molecule has 120 valence electrons. The molecule has 2 aromatic heterocycles. The van der Waals surface area contributed by atoms with Crippen LogP contribution in [0.1, 0.15) is 32.0 Å². The number of para-hydroxylation sites is 1. The van der Waals surface area contributed by atoms with Gasteiger partial charge in [-0.1, -0.05) is 32.9 Å². The van der Waals surface area contributed by atoms with Gasteiger partial charge in [0.2, 0.25) is 10.7 Å². The van der Waals surface area contributed by atoms with Gasteiger partial charge in [-0.3, -0.25) is 10.1 Å². The highest BCUT2D eigenvalue weighted by atomic mass is 32.1. The minimum Gasteiger partial charge on any atom is -0.422 e. The summed E-state index contributed by atoms with van der Waals surface area (Å²) in [6, 6.07) is 4.96. The highest BCUT2D eigenvalue weighted by Crippen LogP contribution is 2.36. The maximum Gasteiger partial charge on any atom is 0.314 e. The number of benzene rings is 1. The standard InChI is InChI=1S/C15H16N4O3S/c1-9-6-5-7-10(12(9)19(20)21)22-14-17-18-8-11(15(2,3)4)16-13(18)23-14/h5-8H,1-4H3. The summed E-state index contributed by atoms with van der Waals surface area (Å²) in [5.41, 5.74) is 1.37. The van der Waals surface area contributed by atoms with Gasteiger partial charge in [-0.25, -0.2) is 9.50 Å². The topological polar surface area (TPSA) is 82.6 Å². The van der Waals surface area contributed by atoms with Gasteiger partial charge in [0.15, 0.2) is 0 Å². The van der Waals surface area contributed by atoms with Crippen molar-refractivity contribution in [2.75, 3.05) is 0 Å². The van der Waals surface area contributed by atoms with Crippen LogP contribution < -0.4 is 4.74 Å². The number of nitro benzene ring substituents is 1. The highest BCUT2D eigenvalue weighted by molar-refractivity contribution is 7.18. The van der Waals surface area contributed by atoms with Gasteiger partial charge in [0.25, 0.3) is 5.19 Å². The number of hydrogen-bond donors (Lipinski definition) is 0. The molecule has 8 heteroatoms. The molecule has 0 spiro atoms. The summed E-state index contributed by atoms with van der Waals surface area (Å²) < 4.78 is 7.27. The number of hydrogen-bond acceptors (Lipinski definition) is 6. The molecule has 0 fully saturated rings. The zero-order valence-electron chi connectivity index (χ0n) is 13.2. The Kier molecular flexibility index (Phi) is 3.56. The van der Waals surface area contributed by atoms with E-state index in [4.69, 9.17) is 4.74 Å². The van der Waals surface area contributed by atoms with Crippen molar-refractivity contribution in [2.24, 2.45) is 0 Å². The van der Waals surface area contributed by atoms with E-state index in [2.05, 4.69) is 30.9 Å². The summed E-state index contributed by atoms with van der Waals surface area (Å²) in [4.78, 5) is 16.0. The number of nitrogens with zero attached hydrogens (tertiary/aromatic N) is 4. The first-order valence-corrected chi connectivity index (χ1v) is 7.86. The molecular formula is C15H16N4O3S. The number of fused-ring (bicyclic) bond motifs is 1. The first kappa shape index (κ1) is 15.4. The molecule has 3 rings (SSSR count). The number of ether oxygens (including phenoxy) is 1. The fourth-order valence-corrected chi connectivity index (χ4v) is 2.87. The monoisotopic (exact) mass is 332 g/mol. The Balaban J connectivity index is 1.95. The molecule has 0 saturated heterocycles. The third-order valence-electron chi connectivity index (χ3n) is 3.37. The molecule has 0 amide bonds. The Morgan fingerprint density at radius 1 is 1.35 bits per heavy atom. The van der Waals surface area contributed by atoms with Crippen LogP contribution in [0.4, 0.5) is 5.69 Å². The van der Waals surface area contributed by atoms with Gasteiger partial charge in [0.05, 0.1) is 16.8 Å². The molecule has 0 aliphatic rings. The zero-order chi connectivity index (χ0) is 16.8. The van der Waals surface area contributed by atoms with Crippen molar-refractivity contribution in [3.8, 4) is 10.9 Å². The van der Waals surface area contributed by atoms with E-state index in [1.807, 2.05) is 6.20 Å². The second kappa shape index (κ2) is 5.31. The van der Waals surface area contributed by atoms with E-state index < -0.39 is 4.92 Å². The van der Waals surface area contributed by atoms with Crippen molar-refractivity contribution in [3.63, 3.8) is 0 Å². The van der Waals surface area contributed by atoms with E-state index in [1.54, 1.807) is 29.6 Å². The molecule has 23 heavy (non-hydrogen) atoms. The largest absolute Gasteiger partial charge is 0.422 e. The lowest BCUT2D eigenvalue weighted by Crippen LogP contribution is -2.11. The number of aryl methyl sites for hydroxylation is 1. The normalized spacial score (nSPS) is 11.8. The molecule has 2 heterocycles. The van der Waals surface area contributed by atoms with Gasteiger partial charge in [-0.05, 0) is 24.3 Å². The molecule has 0 radical (unpaired) electrons. The van der Waals surface area contributed by atoms with Gasteiger partial charge in [0, 0.05) is 11.0 Å². The first-order chi connectivity index (χ1) is 10.8. The minimum atomic E-state index is -0.443. The van der Waals surface area contributed by atoms with E-state index in [0.717, 1.165) is 5.69 Å². The van der Waals surface area contributed by atoms with Crippen LogP contribution in [-0.2, 0) is 5.41 Å². The minimum absolute atomic E-state index is 0.0456. The molecule has 7 nitrogen and oxygen atoms in total. The molecule has 1 aromatic carbocycles. The second-order valence-electron chi connectivity index (χ2n) is 6.25. The molecule has 0 aliphatic carbocycles. The van der Waals surface area contributed by atoms with E-state index in [9.17, 15) is 10.1 Å². The lowest BCUT2D eigenvalue weighted by Gasteiger charge is -2.13.